The largest absolute Gasteiger partial charge is 0.489 e. The van der Waals surface area contributed by atoms with Crippen LogP contribution < -0.4 is 20.5 Å². The van der Waals surface area contributed by atoms with Gasteiger partial charge in [0.15, 0.2) is 23.0 Å². The number of aromatic nitrogens is 1. The van der Waals surface area contributed by atoms with Crippen molar-refractivity contribution >= 4 is 11.8 Å². The smallest absolute Gasteiger partial charge is 0.387 e. The summed E-state index contributed by atoms with van der Waals surface area (Å²) in [6.07, 6.45) is 5.74. The lowest BCUT2D eigenvalue weighted by Gasteiger charge is -2.32. The minimum atomic E-state index is -2.99. The summed E-state index contributed by atoms with van der Waals surface area (Å²) < 4.78 is 42.0. The first kappa shape index (κ1) is 26.4. The average molecular weight is 533 g/mol. The highest BCUT2D eigenvalue weighted by Gasteiger charge is 2.35. The molecule has 1 aromatic carbocycles. The van der Waals surface area contributed by atoms with Crippen LogP contribution in [0.3, 0.4) is 0 Å². The van der Waals surface area contributed by atoms with Crippen molar-refractivity contribution in [1.82, 2.24) is 15.2 Å². The van der Waals surface area contributed by atoms with Crippen LogP contribution in [-0.2, 0) is 4.79 Å². The van der Waals surface area contributed by atoms with Crippen LogP contribution in [0, 0.1) is 17.8 Å². The Labute approximate surface area is 220 Å². The van der Waals surface area contributed by atoms with Crippen molar-refractivity contribution in [1.29, 1.82) is 0 Å². The quantitative estimate of drug-likeness (QED) is 0.447. The molecule has 0 spiro atoms. The number of nitrogens with two attached hydrogens (primary N) is 1. The second kappa shape index (κ2) is 11.3. The molecule has 1 unspecified atom stereocenters. The van der Waals surface area contributed by atoms with Gasteiger partial charge in [0.05, 0.1) is 12.6 Å². The molecule has 0 radical (unpaired) electrons. The SMILES string of the molecule is CC(N)c1oc(-c2ccc(OC(F)F)c(OCC3CC3)c2)nc1C(=O)NCC1CCN(C(=O)C2CC2)CC1. The third kappa shape index (κ3) is 6.43. The molecular formula is C27H34F2N4O5. The molecule has 3 aliphatic rings. The third-order valence-electron chi connectivity index (χ3n) is 7.26. The van der Waals surface area contributed by atoms with Crippen molar-refractivity contribution < 1.29 is 32.3 Å². The molecule has 2 aliphatic carbocycles. The van der Waals surface area contributed by atoms with Crippen LogP contribution in [0.4, 0.5) is 8.78 Å². The van der Waals surface area contributed by atoms with Gasteiger partial charge in [0.2, 0.25) is 11.8 Å². The van der Waals surface area contributed by atoms with E-state index in [0.29, 0.717) is 37.7 Å². The van der Waals surface area contributed by atoms with Crippen molar-refractivity contribution in [2.45, 2.75) is 58.1 Å². The number of carbonyl (C=O) groups is 2. The highest BCUT2D eigenvalue weighted by Crippen LogP contribution is 2.37. The van der Waals surface area contributed by atoms with E-state index in [2.05, 4.69) is 15.0 Å². The first-order valence-corrected chi connectivity index (χ1v) is 13.3. The lowest BCUT2D eigenvalue weighted by atomic mass is 9.96. The fraction of sp³-hybridized carbons (Fsp3) is 0.593. The molecule has 2 amide bonds. The molecule has 1 aliphatic heterocycles. The van der Waals surface area contributed by atoms with E-state index < -0.39 is 18.6 Å². The average Bonchev–Trinajstić information content (AvgIpc) is 3.84. The Morgan fingerprint density at radius 1 is 1.13 bits per heavy atom. The number of rotatable bonds is 11. The van der Waals surface area contributed by atoms with Gasteiger partial charge < -0.3 is 29.8 Å². The minimum Gasteiger partial charge on any atom is -0.489 e. The Bertz CT molecular complexity index is 1150. The maximum absolute atomic E-state index is 13.1. The molecule has 206 valence electrons. The van der Waals surface area contributed by atoms with Crippen LogP contribution in [0.2, 0.25) is 0 Å². The number of likely N-dealkylation sites (tertiary alicyclic amines) is 1. The Balaban J connectivity index is 1.25. The van der Waals surface area contributed by atoms with Crippen molar-refractivity contribution in [2.24, 2.45) is 23.5 Å². The van der Waals surface area contributed by atoms with Gasteiger partial charge in [-0.2, -0.15) is 8.78 Å². The number of amides is 2. The van der Waals surface area contributed by atoms with E-state index in [-0.39, 0.29) is 46.6 Å². The number of alkyl halides is 2. The zero-order valence-electron chi connectivity index (χ0n) is 21.5. The van der Waals surface area contributed by atoms with E-state index in [1.54, 1.807) is 6.92 Å². The normalized spacial score (nSPS) is 18.9. The number of benzene rings is 1. The summed E-state index contributed by atoms with van der Waals surface area (Å²) in [7, 11) is 0. The second-order valence-corrected chi connectivity index (χ2v) is 10.6. The fourth-order valence-electron chi connectivity index (χ4n) is 4.63. The van der Waals surface area contributed by atoms with Gasteiger partial charge >= 0.3 is 6.61 Å². The van der Waals surface area contributed by atoms with Gasteiger partial charge in [-0.1, -0.05) is 0 Å². The second-order valence-electron chi connectivity index (χ2n) is 10.6. The van der Waals surface area contributed by atoms with Crippen molar-refractivity contribution in [3.63, 3.8) is 0 Å². The molecule has 1 aromatic heterocycles. The molecule has 2 heterocycles. The molecule has 2 aromatic rings. The zero-order chi connectivity index (χ0) is 26.8. The van der Waals surface area contributed by atoms with Crippen molar-refractivity contribution in [3.8, 4) is 23.0 Å². The number of hydrogen-bond acceptors (Lipinski definition) is 7. The molecular weight excluding hydrogens is 498 g/mol. The van der Waals surface area contributed by atoms with Gasteiger partial charge in [-0.05, 0) is 75.5 Å². The molecule has 1 atom stereocenters. The topological polar surface area (TPSA) is 120 Å². The summed E-state index contributed by atoms with van der Waals surface area (Å²) in [5, 5.41) is 2.94. The van der Waals surface area contributed by atoms with Gasteiger partial charge in [-0.3, -0.25) is 9.59 Å². The Morgan fingerprint density at radius 2 is 1.87 bits per heavy atom. The summed E-state index contributed by atoms with van der Waals surface area (Å²) >= 11 is 0. The van der Waals surface area contributed by atoms with Gasteiger partial charge in [-0.15, -0.1) is 0 Å². The van der Waals surface area contributed by atoms with Crippen LogP contribution in [0.1, 0.15) is 67.7 Å². The van der Waals surface area contributed by atoms with Crippen LogP contribution in [0.25, 0.3) is 11.5 Å². The van der Waals surface area contributed by atoms with E-state index in [1.807, 2.05) is 4.90 Å². The number of carbonyl (C=O) groups excluding carboxylic acids is 2. The van der Waals surface area contributed by atoms with E-state index in [4.69, 9.17) is 14.9 Å². The number of nitrogens with one attached hydrogen (secondary N) is 1. The fourth-order valence-corrected chi connectivity index (χ4v) is 4.63. The number of hydrogen-bond donors (Lipinski definition) is 2. The van der Waals surface area contributed by atoms with Crippen LogP contribution in [0.15, 0.2) is 22.6 Å². The number of ether oxygens (including phenoxy) is 2. The Morgan fingerprint density at radius 3 is 2.50 bits per heavy atom. The van der Waals surface area contributed by atoms with E-state index in [1.165, 1.54) is 18.2 Å². The standard InChI is InChI=1S/C27H34F2N4O5/c1-15(30)23-22(24(34)31-13-16-8-10-33(11-9-16)26(35)18-4-5-18)32-25(38-23)19-6-7-20(37-27(28)29)21(12-19)36-14-17-2-3-17/h6-7,12,15-18,27H,2-5,8-11,13-14,30H2,1H3,(H,31,34). The number of halogens is 2. The summed E-state index contributed by atoms with van der Waals surface area (Å²) in [5.41, 5.74) is 6.61. The minimum absolute atomic E-state index is 0.0776. The van der Waals surface area contributed by atoms with Gasteiger partial charge in [0.1, 0.15) is 0 Å². The zero-order valence-corrected chi connectivity index (χ0v) is 21.5. The molecule has 38 heavy (non-hydrogen) atoms. The maximum atomic E-state index is 13.1. The van der Waals surface area contributed by atoms with E-state index >= 15 is 0 Å². The molecule has 3 N–H and O–H groups in total. The monoisotopic (exact) mass is 532 g/mol. The molecule has 0 bridgehead atoms. The highest BCUT2D eigenvalue weighted by atomic mass is 19.3. The first-order chi connectivity index (χ1) is 18.3. The highest BCUT2D eigenvalue weighted by molar-refractivity contribution is 5.94. The summed E-state index contributed by atoms with van der Waals surface area (Å²) in [5.74, 6) is 1.21. The van der Waals surface area contributed by atoms with Gasteiger partial charge in [0.25, 0.3) is 5.91 Å². The first-order valence-electron chi connectivity index (χ1n) is 13.3. The van der Waals surface area contributed by atoms with E-state index in [0.717, 1.165) is 38.5 Å². The van der Waals surface area contributed by atoms with Gasteiger partial charge in [0, 0.05) is 31.1 Å². The maximum Gasteiger partial charge on any atom is 0.387 e. The predicted molar refractivity (Wildman–Crippen MR) is 134 cm³/mol. The van der Waals surface area contributed by atoms with E-state index in [9.17, 15) is 18.4 Å². The third-order valence-corrected chi connectivity index (χ3v) is 7.26. The molecule has 3 fully saturated rings. The van der Waals surface area contributed by atoms with Crippen LogP contribution in [-0.4, -0.2) is 54.6 Å². The predicted octanol–water partition coefficient (Wildman–Crippen LogP) is 4.13. The lowest BCUT2D eigenvalue weighted by Crippen LogP contribution is -2.42. The number of piperidine rings is 1. The molecule has 2 saturated carbocycles. The van der Waals surface area contributed by atoms with Crippen LogP contribution in [0.5, 0.6) is 11.5 Å². The molecule has 1 saturated heterocycles. The molecule has 5 rings (SSSR count). The van der Waals surface area contributed by atoms with Crippen molar-refractivity contribution in [3.05, 3.63) is 29.7 Å². The lowest BCUT2D eigenvalue weighted by molar-refractivity contribution is -0.133. The summed E-state index contributed by atoms with van der Waals surface area (Å²) in [6, 6.07) is 3.83. The number of oxazole rings is 1. The summed E-state index contributed by atoms with van der Waals surface area (Å²) in [6.45, 7) is 0.996. The Hall–Kier alpha value is -3.21. The van der Waals surface area contributed by atoms with Gasteiger partial charge in [-0.25, -0.2) is 4.98 Å². The summed E-state index contributed by atoms with van der Waals surface area (Å²) in [4.78, 5) is 31.7. The number of nitrogens with zero attached hydrogens (tertiary/aromatic N) is 2. The molecule has 9 nitrogen and oxygen atoms in total. The Kier molecular flexibility index (Phi) is 7.83. The molecule has 11 heteroatoms. The van der Waals surface area contributed by atoms with Crippen LogP contribution >= 0.6 is 0 Å². The van der Waals surface area contributed by atoms with Crippen molar-refractivity contribution in [2.75, 3.05) is 26.2 Å².